The molecule has 32 heavy (non-hydrogen) atoms. The standard InChI is InChI=1S/C30H27PS/c1-4-15-27(16-5-1)31(28-17-6-2-7-18-28,29-19-8-3-9-20-29)24-26-14-11-10-13-25(26)23-30-21-12-22-32-30/h1-22,31H,23-24H2. The summed E-state index contributed by atoms with van der Waals surface area (Å²) in [6.07, 6.45) is 2.04. The first-order chi connectivity index (χ1) is 15.9. The summed E-state index contributed by atoms with van der Waals surface area (Å²) >= 11 is 1.84. The van der Waals surface area contributed by atoms with Crippen molar-refractivity contribution in [1.82, 2.24) is 0 Å². The van der Waals surface area contributed by atoms with Gasteiger partial charge in [-0.1, -0.05) is 0 Å². The molecule has 2 heteroatoms. The molecule has 0 spiro atoms. The Labute approximate surface area is 195 Å². The molecule has 158 valence electrons. The zero-order valence-corrected chi connectivity index (χ0v) is 19.8. The number of rotatable bonds is 7. The van der Waals surface area contributed by atoms with E-state index in [0.717, 1.165) is 12.6 Å². The maximum absolute atomic E-state index is 2.35. The minimum absolute atomic E-state index is 0.997. The van der Waals surface area contributed by atoms with Crippen molar-refractivity contribution in [3.05, 3.63) is 149 Å². The molecule has 0 N–H and O–H groups in total. The fourth-order valence-corrected chi connectivity index (χ4v) is 10.3. The van der Waals surface area contributed by atoms with E-state index in [1.807, 2.05) is 11.3 Å². The number of thiophene rings is 1. The fourth-order valence-electron chi connectivity index (χ4n) is 4.76. The predicted molar refractivity (Wildman–Crippen MR) is 144 cm³/mol. The molecule has 0 aliphatic carbocycles. The molecule has 5 rings (SSSR count). The van der Waals surface area contributed by atoms with Crippen LogP contribution in [0.1, 0.15) is 16.0 Å². The summed E-state index contributed by atoms with van der Waals surface area (Å²) in [5, 5.41) is 6.56. The quantitative estimate of drug-likeness (QED) is 0.246. The fraction of sp³-hybridized carbons (Fsp3) is 0.0667. The van der Waals surface area contributed by atoms with E-state index in [1.54, 1.807) is 0 Å². The van der Waals surface area contributed by atoms with Gasteiger partial charge in [-0.2, -0.15) is 0 Å². The molecule has 0 radical (unpaired) electrons. The molecule has 0 bridgehead atoms. The average Bonchev–Trinajstić information content (AvgIpc) is 3.38. The van der Waals surface area contributed by atoms with Crippen LogP contribution in [0.4, 0.5) is 0 Å². The SMILES string of the molecule is c1ccc([PH](Cc2ccccc2Cc2cccs2)(c2ccccc2)c2ccccc2)cc1. The van der Waals surface area contributed by atoms with Crippen molar-refractivity contribution in [3.8, 4) is 0 Å². The monoisotopic (exact) mass is 450 g/mol. The first kappa shape index (κ1) is 20.9. The topological polar surface area (TPSA) is 0 Å². The van der Waals surface area contributed by atoms with E-state index in [0.29, 0.717) is 0 Å². The van der Waals surface area contributed by atoms with Crippen molar-refractivity contribution in [2.24, 2.45) is 0 Å². The molecule has 0 fully saturated rings. The molecule has 0 aliphatic rings. The van der Waals surface area contributed by atoms with Gasteiger partial charge in [0, 0.05) is 0 Å². The van der Waals surface area contributed by atoms with Crippen molar-refractivity contribution in [3.63, 3.8) is 0 Å². The van der Waals surface area contributed by atoms with Gasteiger partial charge in [-0.3, -0.25) is 0 Å². The summed E-state index contributed by atoms with van der Waals surface area (Å²) in [6.45, 7) is 0. The number of hydrogen-bond donors (Lipinski definition) is 0. The Morgan fingerprint density at radius 1 is 0.469 bits per heavy atom. The van der Waals surface area contributed by atoms with Gasteiger partial charge in [-0.25, -0.2) is 0 Å². The van der Waals surface area contributed by atoms with Gasteiger partial charge in [0.15, 0.2) is 0 Å². The summed E-state index contributed by atoms with van der Waals surface area (Å²) in [6, 6.07) is 47.1. The third-order valence-corrected chi connectivity index (χ3v) is 12.1. The van der Waals surface area contributed by atoms with E-state index in [4.69, 9.17) is 0 Å². The van der Waals surface area contributed by atoms with Crippen LogP contribution in [0, 0.1) is 0 Å². The predicted octanol–water partition coefficient (Wildman–Crippen LogP) is 6.57. The van der Waals surface area contributed by atoms with Crippen LogP contribution < -0.4 is 15.9 Å². The van der Waals surface area contributed by atoms with Crippen molar-refractivity contribution >= 4 is 34.5 Å². The second-order valence-corrected chi connectivity index (χ2v) is 13.1. The molecular weight excluding hydrogens is 423 g/mol. The van der Waals surface area contributed by atoms with E-state index < -0.39 is 7.26 Å². The van der Waals surface area contributed by atoms with Gasteiger partial charge >= 0.3 is 196 Å². The molecule has 1 aromatic heterocycles. The number of benzene rings is 4. The van der Waals surface area contributed by atoms with Gasteiger partial charge in [-0.15, -0.1) is 0 Å². The molecule has 0 aliphatic heterocycles. The second-order valence-electron chi connectivity index (χ2n) is 8.21. The van der Waals surface area contributed by atoms with E-state index >= 15 is 0 Å². The van der Waals surface area contributed by atoms with Gasteiger partial charge in [0.25, 0.3) is 0 Å². The van der Waals surface area contributed by atoms with Crippen LogP contribution in [-0.4, -0.2) is 0 Å². The third-order valence-electron chi connectivity index (χ3n) is 6.32. The van der Waals surface area contributed by atoms with Gasteiger partial charge < -0.3 is 0 Å². The van der Waals surface area contributed by atoms with Crippen LogP contribution in [0.15, 0.2) is 133 Å². The van der Waals surface area contributed by atoms with Gasteiger partial charge in [0.1, 0.15) is 0 Å². The van der Waals surface area contributed by atoms with Crippen LogP contribution in [0.5, 0.6) is 0 Å². The third kappa shape index (κ3) is 4.19. The van der Waals surface area contributed by atoms with E-state index in [1.165, 1.54) is 31.9 Å². The van der Waals surface area contributed by atoms with Gasteiger partial charge in [0.05, 0.1) is 0 Å². The normalized spacial score (nSPS) is 11.9. The Morgan fingerprint density at radius 3 is 1.41 bits per heavy atom. The zero-order valence-electron chi connectivity index (χ0n) is 18.0. The van der Waals surface area contributed by atoms with Crippen molar-refractivity contribution in [1.29, 1.82) is 0 Å². The van der Waals surface area contributed by atoms with Crippen LogP contribution in [0.25, 0.3) is 0 Å². The molecule has 0 saturated carbocycles. The Balaban J connectivity index is 1.71. The Bertz CT molecular complexity index is 1150. The van der Waals surface area contributed by atoms with Crippen molar-refractivity contribution < 1.29 is 0 Å². The van der Waals surface area contributed by atoms with Crippen LogP contribution in [-0.2, 0) is 12.6 Å². The van der Waals surface area contributed by atoms with E-state index in [2.05, 4.69) is 133 Å². The molecule has 0 saturated heterocycles. The summed E-state index contributed by atoms with van der Waals surface area (Å²) in [5.41, 5.74) is 2.90. The van der Waals surface area contributed by atoms with Crippen molar-refractivity contribution in [2.45, 2.75) is 12.6 Å². The molecule has 0 nitrogen and oxygen atoms in total. The van der Waals surface area contributed by atoms with Crippen LogP contribution >= 0.6 is 18.6 Å². The second kappa shape index (κ2) is 9.65. The van der Waals surface area contributed by atoms with Gasteiger partial charge in [-0.05, 0) is 0 Å². The molecule has 1 heterocycles. The molecule has 5 aromatic rings. The molecular formula is C30H27PS. The first-order valence-corrected chi connectivity index (χ1v) is 14.2. The molecule has 0 atom stereocenters. The maximum atomic E-state index is 2.35. The van der Waals surface area contributed by atoms with Crippen LogP contribution in [0.2, 0.25) is 0 Å². The van der Waals surface area contributed by atoms with E-state index in [9.17, 15) is 0 Å². The Kier molecular flexibility index (Phi) is 6.30. The summed E-state index contributed by atoms with van der Waals surface area (Å²) in [4.78, 5) is 1.42. The Morgan fingerprint density at radius 2 is 0.938 bits per heavy atom. The minimum atomic E-state index is -2.29. The Hall–Kier alpha value is -2.99. The summed E-state index contributed by atoms with van der Waals surface area (Å²) in [7, 11) is -2.29. The summed E-state index contributed by atoms with van der Waals surface area (Å²) < 4.78 is 0. The van der Waals surface area contributed by atoms with Crippen LogP contribution in [0.3, 0.4) is 0 Å². The number of hydrogen-bond acceptors (Lipinski definition) is 1. The molecule has 4 aromatic carbocycles. The zero-order chi connectivity index (χ0) is 21.6. The average molecular weight is 451 g/mol. The van der Waals surface area contributed by atoms with Crippen molar-refractivity contribution in [2.75, 3.05) is 0 Å². The molecule has 0 amide bonds. The first-order valence-electron chi connectivity index (χ1n) is 11.1. The summed E-state index contributed by atoms with van der Waals surface area (Å²) in [5.74, 6) is 0. The van der Waals surface area contributed by atoms with Gasteiger partial charge in [0.2, 0.25) is 0 Å². The van der Waals surface area contributed by atoms with E-state index in [-0.39, 0.29) is 0 Å². The molecule has 0 unspecified atom stereocenters.